The topological polar surface area (TPSA) is 24.1 Å². The second kappa shape index (κ2) is 9.96. The van der Waals surface area contributed by atoms with E-state index in [2.05, 4.69) is 22.7 Å². The van der Waals surface area contributed by atoms with E-state index < -0.39 is 0 Å². The van der Waals surface area contributed by atoms with Crippen LogP contribution in [0.25, 0.3) is 0 Å². The predicted molar refractivity (Wildman–Crippen MR) is 62.9 cm³/mol. The van der Waals surface area contributed by atoms with E-state index in [4.69, 9.17) is 11.6 Å². The Morgan fingerprint density at radius 3 is 3.00 bits per heavy atom. The predicted octanol–water partition coefficient (Wildman–Crippen LogP) is 2.49. The van der Waals surface area contributed by atoms with Crippen molar-refractivity contribution < 1.29 is 0 Å². The van der Waals surface area contributed by atoms with Crippen molar-refractivity contribution >= 4 is 23.5 Å². The second-order valence-electron chi connectivity index (χ2n) is 2.49. The van der Waals surface area contributed by atoms with Gasteiger partial charge in [-0.1, -0.05) is 36.2 Å². The van der Waals surface area contributed by atoms with Crippen LogP contribution in [-0.2, 0) is 0 Å². The third-order valence-corrected chi connectivity index (χ3v) is 2.28. The van der Waals surface area contributed by atoms with Crippen molar-refractivity contribution in [1.82, 2.24) is 10.0 Å². The molecule has 0 aliphatic carbocycles. The molecule has 0 heterocycles. The summed E-state index contributed by atoms with van der Waals surface area (Å²) in [6.07, 6.45) is 5.93. The molecule has 0 aliphatic rings. The molecular formula is C9H17ClN2S. The molecule has 76 valence electrons. The lowest BCUT2D eigenvalue weighted by molar-refractivity contribution is 0.924. The van der Waals surface area contributed by atoms with Gasteiger partial charge in [-0.2, -0.15) is 0 Å². The van der Waals surface area contributed by atoms with Gasteiger partial charge in [0.1, 0.15) is 0 Å². The zero-order valence-corrected chi connectivity index (χ0v) is 9.55. The molecule has 0 spiro atoms. The normalized spacial score (nSPS) is 10.6. The fourth-order valence-electron chi connectivity index (χ4n) is 0.650. The maximum atomic E-state index is 5.60. The molecule has 2 nitrogen and oxygen atoms in total. The fraction of sp³-hybridized carbons (Fsp3) is 0.556. The Morgan fingerprint density at radius 2 is 2.38 bits per heavy atom. The van der Waals surface area contributed by atoms with Gasteiger partial charge in [0.15, 0.2) is 0 Å². The summed E-state index contributed by atoms with van der Waals surface area (Å²) in [6, 6.07) is 0. The number of hydrogen-bond acceptors (Lipinski definition) is 3. The van der Waals surface area contributed by atoms with Gasteiger partial charge in [0.2, 0.25) is 0 Å². The van der Waals surface area contributed by atoms with E-state index in [0.717, 1.165) is 30.2 Å². The fourth-order valence-corrected chi connectivity index (χ4v) is 1.61. The molecule has 0 bridgehead atoms. The summed E-state index contributed by atoms with van der Waals surface area (Å²) in [4.78, 5) is 0. The van der Waals surface area contributed by atoms with Crippen LogP contribution in [0.2, 0.25) is 0 Å². The number of hydrogen-bond donors (Lipinski definition) is 2. The summed E-state index contributed by atoms with van der Waals surface area (Å²) in [5.41, 5.74) is 0. The molecule has 0 unspecified atom stereocenters. The van der Waals surface area contributed by atoms with E-state index in [-0.39, 0.29) is 0 Å². The van der Waals surface area contributed by atoms with E-state index in [0.29, 0.717) is 0 Å². The molecule has 0 fully saturated rings. The van der Waals surface area contributed by atoms with Crippen LogP contribution in [0.15, 0.2) is 23.9 Å². The van der Waals surface area contributed by atoms with Crippen molar-refractivity contribution in [1.29, 1.82) is 0 Å². The molecular weight excluding hydrogens is 204 g/mol. The smallest absolute Gasteiger partial charge is 0.0127 e. The SMILES string of the molecule is C=C(Cl)CCSNCC/C=C\NC. The first kappa shape index (κ1) is 12.9. The lowest BCUT2D eigenvalue weighted by atomic mass is 10.4. The highest BCUT2D eigenvalue weighted by Crippen LogP contribution is 2.07. The molecule has 0 saturated heterocycles. The molecule has 0 saturated carbocycles. The van der Waals surface area contributed by atoms with Crippen molar-refractivity contribution in [2.75, 3.05) is 19.3 Å². The Labute approximate surface area is 89.9 Å². The second-order valence-corrected chi connectivity index (χ2v) is 4.01. The summed E-state index contributed by atoms with van der Waals surface area (Å²) >= 11 is 7.29. The largest absolute Gasteiger partial charge is 0.394 e. The number of rotatable bonds is 8. The molecule has 0 radical (unpaired) electrons. The highest BCUT2D eigenvalue weighted by atomic mass is 35.5. The summed E-state index contributed by atoms with van der Waals surface area (Å²) in [5.74, 6) is 0.984. The molecule has 13 heavy (non-hydrogen) atoms. The van der Waals surface area contributed by atoms with Crippen molar-refractivity contribution in [2.24, 2.45) is 0 Å². The van der Waals surface area contributed by atoms with Crippen LogP contribution in [0, 0.1) is 0 Å². The Hall–Kier alpha value is -0.120. The van der Waals surface area contributed by atoms with E-state index in [1.165, 1.54) is 0 Å². The average molecular weight is 221 g/mol. The van der Waals surface area contributed by atoms with Crippen molar-refractivity contribution in [2.45, 2.75) is 12.8 Å². The van der Waals surface area contributed by atoms with Crippen LogP contribution in [0.3, 0.4) is 0 Å². The highest BCUT2D eigenvalue weighted by molar-refractivity contribution is 7.97. The van der Waals surface area contributed by atoms with Crippen LogP contribution in [0.4, 0.5) is 0 Å². The molecule has 2 N–H and O–H groups in total. The minimum absolute atomic E-state index is 0.726. The van der Waals surface area contributed by atoms with Crippen LogP contribution in [0.1, 0.15) is 12.8 Å². The maximum Gasteiger partial charge on any atom is 0.0127 e. The molecule has 0 amide bonds. The highest BCUT2D eigenvalue weighted by Gasteiger charge is 1.89. The quantitative estimate of drug-likeness (QED) is 0.486. The summed E-state index contributed by atoms with van der Waals surface area (Å²) in [7, 11) is 1.89. The molecule has 0 aromatic rings. The standard InChI is InChI=1S/C9H17ClN2S/c1-9(10)5-8-13-12-7-4-3-6-11-2/h3,6,11-12H,1,4-5,7-8H2,2H3/b6-3-. The van der Waals surface area contributed by atoms with E-state index in [1.807, 2.05) is 13.2 Å². The Kier molecular flexibility index (Phi) is 9.87. The number of halogens is 1. The summed E-state index contributed by atoms with van der Waals surface area (Å²) < 4.78 is 3.24. The zero-order chi connectivity index (χ0) is 9.94. The Bertz CT molecular complexity index is 160. The first-order valence-corrected chi connectivity index (χ1v) is 5.64. The van der Waals surface area contributed by atoms with Crippen LogP contribution < -0.4 is 10.0 Å². The van der Waals surface area contributed by atoms with Gasteiger partial charge in [0.25, 0.3) is 0 Å². The van der Waals surface area contributed by atoms with E-state index >= 15 is 0 Å². The first-order chi connectivity index (χ1) is 6.27. The molecule has 0 atom stereocenters. The molecule has 0 aromatic carbocycles. The van der Waals surface area contributed by atoms with Gasteiger partial charge < -0.3 is 5.32 Å². The van der Waals surface area contributed by atoms with Gasteiger partial charge in [-0.15, -0.1) is 0 Å². The van der Waals surface area contributed by atoms with Gasteiger partial charge in [-0.3, -0.25) is 4.72 Å². The third-order valence-electron chi connectivity index (χ3n) is 1.28. The average Bonchev–Trinajstić information content (AvgIpc) is 2.09. The Balaban J connectivity index is 2.99. The van der Waals surface area contributed by atoms with Gasteiger partial charge >= 0.3 is 0 Å². The van der Waals surface area contributed by atoms with Gasteiger partial charge in [0.05, 0.1) is 0 Å². The monoisotopic (exact) mass is 220 g/mol. The molecule has 0 rings (SSSR count). The maximum absolute atomic E-state index is 5.60. The third kappa shape index (κ3) is 11.9. The molecule has 0 aliphatic heterocycles. The molecule has 0 aromatic heterocycles. The zero-order valence-electron chi connectivity index (χ0n) is 7.98. The molecule has 4 heteroatoms. The lowest BCUT2D eigenvalue weighted by Crippen LogP contribution is -2.05. The first-order valence-electron chi connectivity index (χ1n) is 4.27. The van der Waals surface area contributed by atoms with Crippen LogP contribution >= 0.6 is 23.5 Å². The van der Waals surface area contributed by atoms with E-state index in [1.54, 1.807) is 11.9 Å². The van der Waals surface area contributed by atoms with Gasteiger partial charge in [-0.05, 0) is 19.0 Å². The number of nitrogens with one attached hydrogen (secondary N) is 2. The van der Waals surface area contributed by atoms with Crippen molar-refractivity contribution in [3.63, 3.8) is 0 Å². The number of allylic oxidation sites excluding steroid dienone is 1. The van der Waals surface area contributed by atoms with Gasteiger partial charge in [-0.25, -0.2) is 0 Å². The van der Waals surface area contributed by atoms with Crippen molar-refractivity contribution in [3.8, 4) is 0 Å². The minimum Gasteiger partial charge on any atom is -0.394 e. The summed E-state index contributed by atoms with van der Waals surface area (Å²) in [5, 5.41) is 3.67. The summed E-state index contributed by atoms with van der Waals surface area (Å²) in [6.45, 7) is 4.60. The lowest BCUT2D eigenvalue weighted by Gasteiger charge is -2.00. The Morgan fingerprint density at radius 1 is 1.62 bits per heavy atom. The van der Waals surface area contributed by atoms with Crippen LogP contribution in [-0.4, -0.2) is 19.3 Å². The van der Waals surface area contributed by atoms with Crippen molar-refractivity contribution in [3.05, 3.63) is 23.9 Å². The van der Waals surface area contributed by atoms with E-state index in [9.17, 15) is 0 Å². The minimum atomic E-state index is 0.726. The van der Waals surface area contributed by atoms with Crippen LogP contribution in [0.5, 0.6) is 0 Å². The van der Waals surface area contributed by atoms with Gasteiger partial charge in [0, 0.05) is 24.4 Å².